The molecule has 0 radical (unpaired) electrons. The summed E-state index contributed by atoms with van der Waals surface area (Å²) in [4.78, 5) is 12.1. The summed E-state index contributed by atoms with van der Waals surface area (Å²) in [5, 5.41) is 6.61. The molecule has 4 unspecified atom stereocenters. The van der Waals surface area contributed by atoms with Crippen molar-refractivity contribution in [3.8, 4) is 0 Å². The van der Waals surface area contributed by atoms with Gasteiger partial charge in [-0.2, -0.15) is 0 Å². The molecule has 4 heteroatoms. The maximum Gasteiger partial charge on any atom is 0.237 e. The third-order valence-electron chi connectivity index (χ3n) is 4.97. The number of carbonyl (C=O) groups is 1. The minimum atomic E-state index is 0.0533. The minimum absolute atomic E-state index is 0.0533. The first-order valence-corrected chi connectivity index (χ1v) is 7.98. The van der Waals surface area contributed by atoms with E-state index in [2.05, 4.69) is 10.6 Å². The molecule has 4 atom stereocenters. The highest BCUT2D eigenvalue weighted by Gasteiger charge is 2.37. The largest absolute Gasteiger partial charge is 0.378 e. The van der Waals surface area contributed by atoms with Crippen molar-refractivity contribution in [2.45, 2.75) is 69.6 Å². The Morgan fingerprint density at radius 3 is 2.89 bits per heavy atom. The molecule has 108 valence electrons. The molecule has 1 saturated carbocycles. The van der Waals surface area contributed by atoms with Crippen LogP contribution >= 0.6 is 0 Å². The second kappa shape index (κ2) is 6.23. The van der Waals surface area contributed by atoms with Gasteiger partial charge in [0.25, 0.3) is 0 Å². The van der Waals surface area contributed by atoms with Gasteiger partial charge in [-0.3, -0.25) is 4.79 Å². The Kier molecular flexibility index (Phi) is 4.38. The van der Waals surface area contributed by atoms with Gasteiger partial charge in [-0.05, 0) is 44.4 Å². The lowest BCUT2D eigenvalue weighted by molar-refractivity contribution is -0.123. The lowest BCUT2D eigenvalue weighted by atomic mass is 9.85. The molecule has 1 aliphatic carbocycles. The van der Waals surface area contributed by atoms with Gasteiger partial charge in [0.15, 0.2) is 0 Å². The van der Waals surface area contributed by atoms with Gasteiger partial charge >= 0.3 is 0 Å². The monoisotopic (exact) mass is 266 g/mol. The summed E-state index contributed by atoms with van der Waals surface area (Å²) in [5.41, 5.74) is 0. The maximum absolute atomic E-state index is 12.1. The zero-order chi connectivity index (χ0) is 13.1. The van der Waals surface area contributed by atoms with Crippen LogP contribution < -0.4 is 10.6 Å². The summed E-state index contributed by atoms with van der Waals surface area (Å²) in [7, 11) is 0. The molecule has 2 saturated heterocycles. The Morgan fingerprint density at radius 2 is 2.11 bits per heavy atom. The minimum Gasteiger partial charge on any atom is -0.378 e. The lowest BCUT2D eigenvalue weighted by Gasteiger charge is -2.24. The van der Waals surface area contributed by atoms with Crippen LogP contribution in [0.25, 0.3) is 0 Å². The van der Waals surface area contributed by atoms with Gasteiger partial charge in [0, 0.05) is 19.2 Å². The van der Waals surface area contributed by atoms with Gasteiger partial charge in [0.1, 0.15) is 0 Å². The van der Waals surface area contributed by atoms with Crippen molar-refractivity contribution in [3.05, 3.63) is 0 Å². The van der Waals surface area contributed by atoms with Gasteiger partial charge in [0.2, 0.25) is 5.91 Å². The van der Waals surface area contributed by atoms with Gasteiger partial charge in [0.05, 0.1) is 12.1 Å². The molecule has 0 aromatic carbocycles. The van der Waals surface area contributed by atoms with Gasteiger partial charge in [-0.1, -0.05) is 12.8 Å². The zero-order valence-electron chi connectivity index (χ0n) is 11.7. The van der Waals surface area contributed by atoms with Crippen LogP contribution in [0.4, 0.5) is 0 Å². The number of ether oxygens (including phenoxy) is 1. The molecular weight excluding hydrogens is 240 g/mol. The molecule has 2 N–H and O–H groups in total. The summed E-state index contributed by atoms with van der Waals surface area (Å²) in [6, 6.07) is 0.653. The van der Waals surface area contributed by atoms with E-state index in [0.29, 0.717) is 12.1 Å². The standard InChI is InChI=1S/C15H26N2O2/c18-15(16-8-7-12-5-3-9-19-12)14-10-11-4-1-2-6-13(11)17-14/h11-14,17H,1-10H2,(H,16,18). The normalized spacial score (nSPS) is 38.1. The van der Waals surface area contributed by atoms with E-state index < -0.39 is 0 Å². The first-order valence-electron chi connectivity index (χ1n) is 7.98. The van der Waals surface area contributed by atoms with Crippen molar-refractivity contribution in [2.75, 3.05) is 13.2 Å². The van der Waals surface area contributed by atoms with Crippen LogP contribution in [-0.2, 0) is 9.53 Å². The fourth-order valence-corrected chi connectivity index (χ4v) is 3.87. The summed E-state index contributed by atoms with van der Waals surface area (Å²) in [5.74, 6) is 0.940. The first-order chi connectivity index (χ1) is 9.33. The van der Waals surface area contributed by atoms with Gasteiger partial charge in [-0.15, -0.1) is 0 Å². The Balaban J connectivity index is 1.38. The van der Waals surface area contributed by atoms with E-state index >= 15 is 0 Å². The van der Waals surface area contributed by atoms with Crippen LogP contribution in [0, 0.1) is 5.92 Å². The quantitative estimate of drug-likeness (QED) is 0.812. The highest BCUT2D eigenvalue weighted by atomic mass is 16.5. The van der Waals surface area contributed by atoms with Gasteiger partial charge in [-0.25, -0.2) is 0 Å². The number of carbonyl (C=O) groups excluding carboxylic acids is 1. The third-order valence-corrected chi connectivity index (χ3v) is 4.97. The highest BCUT2D eigenvalue weighted by molar-refractivity contribution is 5.82. The summed E-state index contributed by atoms with van der Waals surface area (Å²) < 4.78 is 5.57. The Labute approximate surface area is 115 Å². The summed E-state index contributed by atoms with van der Waals surface area (Å²) in [6.45, 7) is 1.66. The van der Waals surface area contributed by atoms with E-state index in [0.717, 1.165) is 38.3 Å². The molecule has 0 aromatic rings. The van der Waals surface area contributed by atoms with Crippen molar-refractivity contribution in [3.63, 3.8) is 0 Å². The van der Waals surface area contributed by atoms with Crippen LogP contribution in [0.15, 0.2) is 0 Å². The topological polar surface area (TPSA) is 50.4 Å². The molecule has 4 nitrogen and oxygen atoms in total. The number of rotatable bonds is 4. The van der Waals surface area contributed by atoms with Crippen molar-refractivity contribution in [1.82, 2.24) is 10.6 Å². The van der Waals surface area contributed by atoms with E-state index in [1.165, 1.54) is 32.1 Å². The molecule has 2 heterocycles. The zero-order valence-corrected chi connectivity index (χ0v) is 11.7. The van der Waals surface area contributed by atoms with Crippen molar-refractivity contribution in [1.29, 1.82) is 0 Å². The molecular formula is C15H26N2O2. The first kappa shape index (κ1) is 13.4. The molecule has 3 rings (SSSR count). The van der Waals surface area contributed by atoms with Crippen molar-refractivity contribution >= 4 is 5.91 Å². The van der Waals surface area contributed by atoms with E-state index in [9.17, 15) is 4.79 Å². The predicted octanol–water partition coefficient (Wildman–Crippen LogP) is 1.59. The number of fused-ring (bicyclic) bond motifs is 1. The molecule has 0 aromatic heterocycles. The molecule has 0 bridgehead atoms. The SMILES string of the molecule is O=C(NCCC1CCCO1)C1CC2CCCCC2N1. The summed E-state index contributed by atoms with van der Waals surface area (Å²) in [6.07, 6.45) is 9.93. The Morgan fingerprint density at radius 1 is 1.21 bits per heavy atom. The van der Waals surface area contributed by atoms with Crippen LogP contribution in [-0.4, -0.2) is 37.2 Å². The molecule has 19 heavy (non-hydrogen) atoms. The molecule has 3 fully saturated rings. The second-order valence-corrected chi connectivity index (χ2v) is 6.32. The van der Waals surface area contributed by atoms with E-state index in [1.807, 2.05) is 0 Å². The molecule has 0 spiro atoms. The van der Waals surface area contributed by atoms with Crippen molar-refractivity contribution in [2.24, 2.45) is 5.92 Å². The van der Waals surface area contributed by atoms with E-state index in [1.54, 1.807) is 0 Å². The Hall–Kier alpha value is -0.610. The fraction of sp³-hybridized carbons (Fsp3) is 0.933. The smallest absolute Gasteiger partial charge is 0.237 e. The van der Waals surface area contributed by atoms with Crippen LogP contribution in [0.2, 0.25) is 0 Å². The summed E-state index contributed by atoms with van der Waals surface area (Å²) >= 11 is 0. The molecule has 2 aliphatic heterocycles. The molecule has 3 aliphatic rings. The van der Waals surface area contributed by atoms with Crippen LogP contribution in [0.1, 0.15) is 51.4 Å². The number of hydrogen-bond donors (Lipinski definition) is 2. The Bertz CT molecular complexity index is 301. The maximum atomic E-state index is 12.1. The lowest BCUT2D eigenvalue weighted by Crippen LogP contribution is -2.43. The number of amides is 1. The van der Waals surface area contributed by atoms with Crippen molar-refractivity contribution < 1.29 is 9.53 Å². The highest BCUT2D eigenvalue weighted by Crippen LogP contribution is 2.33. The van der Waals surface area contributed by atoms with E-state index in [-0.39, 0.29) is 11.9 Å². The number of hydrogen-bond acceptors (Lipinski definition) is 3. The molecule has 1 amide bonds. The fourth-order valence-electron chi connectivity index (χ4n) is 3.87. The second-order valence-electron chi connectivity index (χ2n) is 6.32. The van der Waals surface area contributed by atoms with E-state index in [4.69, 9.17) is 4.74 Å². The third kappa shape index (κ3) is 3.29. The number of nitrogens with one attached hydrogen (secondary N) is 2. The van der Waals surface area contributed by atoms with Gasteiger partial charge < -0.3 is 15.4 Å². The average molecular weight is 266 g/mol. The predicted molar refractivity (Wildman–Crippen MR) is 73.9 cm³/mol. The van der Waals surface area contributed by atoms with Crippen LogP contribution in [0.3, 0.4) is 0 Å². The van der Waals surface area contributed by atoms with Crippen LogP contribution in [0.5, 0.6) is 0 Å². The average Bonchev–Trinajstić information content (AvgIpc) is 3.07.